The molecule has 0 saturated carbocycles. The maximum Gasteiger partial charge on any atom is 0.193 e. The molecular formula is C11H23N3. The second kappa shape index (κ2) is 5.89. The molecule has 0 bridgehead atoms. The van der Waals surface area contributed by atoms with Gasteiger partial charge < -0.3 is 10.2 Å². The highest BCUT2D eigenvalue weighted by Crippen LogP contribution is 2.15. The van der Waals surface area contributed by atoms with Gasteiger partial charge in [0.2, 0.25) is 0 Å². The van der Waals surface area contributed by atoms with Crippen molar-refractivity contribution in [2.45, 2.75) is 33.6 Å². The predicted molar refractivity (Wildman–Crippen MR) is 61.6 cm³/mol. The summed E-state index contributed by atoms with van der Waals surface area (Å²) in [6, 6.07) is 0. The zero-order valence-electron chi connectivity index (χ0n) is 9.71. The van der Waals surface area contributed by atoms with Crippen LogP contribution in [0.2, 0.25) is 0 Å². The quantitative estimate of drug-likeness (QED) is 0.539. The molecule has 1 fully saturated rings. The number of aliphatic imine (C=N–C) groups is 1. The first-order valence-corrected chi connectivity index (χ1v) is 5.81. The number of hydrogen-bond acceptors (Lipinski definition) is 1. The third-order valence-electron chi connectivity index (χ3n) is 2.60. The lowest BCUT2D eigenvalue weighted by atomic mass is 10.0. The molecule has 0 aromatic rings. The van der Waals surface area contributed by atoms with Gasteiger partial charge in [-0.2, -0.15) is 0 Å². The van der Waals surface area contributed by atoms with Crippen LogP contribution >= 0.6 is 0 Å². The lowest BCUT2D eigenvalue weighted by molar-refractivity contribution is 0.266. The van der Waals surface area contributed by atoms with Crippen molar-refractivity contribution in [1.29, 1.82) is 0 Å². The molecule has 14 heavy (non-hydrogen) atoms. The van der Waals surface area contributed by atoms with Crippen molar-refractivity contribution < 1.29 is 0 Å². The van der Waals surface area contributed by atoms with Crippen molar-refractivity contribution in [3.8, 4) is 0 Å². The zero-order valence-corrected chi connectivity index (χ0v) is 9.71. The van der Waals surface area contributed by atoms with E-state index >= 15 is 0 Å². The van der Waals surface area contributed by atoms with Crippen LogP contribution in [-0.2, 0) is 0 Å². The first kappa shape index (κ1) is 11.3. The molecule has 1 unspecified atom stereocenters. The highest BCUT2D eigenvalue weighted by atomic mass is 15.3. The van der Waals surface area contributed by atoms with Gasteiger partial charge in [-0.1, -0.05) is 6.92 Å². The van der Waals surface area contributed by atoms with Crippen molar-refractivity contribution in [3.05, 3.63) is 0 Å². The van der Waals surface area contributed by atoms with E-state index in [1.807, 2.05) is 0 Å². The van der Waals surface area contributed by atoms with Gasteiger partial charge in [0.25, 0.3) is 0 Å². The number of likely N-dealkylation sites (tertiary alicyclic amines) is 1. The van der Waals surface area contributed by atoms with E-state index in [4.69, 9.17) is 0 Å². The monoisotopic (exact) mass is 197 g/mol. The summed E-state index contributed by atoms with van der Waals surface area (Å²) in [7, 11) is 0. The fraction of sp³-hybridized carbons (Fsp3) is 0.909. The maximum absolute atomic E-state index is 4.50. The van der Waals surface area contributed by atoms with Gasteiger partial charge in [-0.3, -0.25) is 4.99 Å². The molecule has 0 aliphatic carbocycles. The number of nitrogens with zero attached hydrogens (tertiary/aromatic N) is 2. The summed E-state index contributed by atoms with van der Waals surface area (Å²) >= 11 is 0. The Bertz CT molecular complexity index is 189. The van der Waals surface area contributed by atoms with Crippen LogP contribution in [-0.4, -0.2) is 37.0 Å². The van der Waals surface area contributed by atoms with Crippen LogP contribution in [0.1, 0.15) is 33.6 Å². The van der Waals surface area contributed by atoms with Gasteiger partial charge in [-0.15, -0.1) is 0 Å². The van der Waals surface area contributed by atoms with Crippen LogP contribution in [0.4, 0.5) is 0 Å². The smallest absolute Gasteiger partial charge is 0.193 e. The van der Waals surface area contributed by atoms with Crippen LogP contribution in [0.25, 0.3) is 0 Å². The molecule has 1 rings (SSSR count). The number of hydrogen-bond donors (Lipinski definition) is 1. The average Bonchev–Trinajstić information content (AvgIpc) is 2.17. The van der Waals surface area contributed by atoms with Gasteiger partial charge in [0.15, 0.2) is 5.96 Å². The van der Waals surface area contributed by atoms with Gasteiger partial charge in [0.1, 0.15) is 0 Å². The van der Waals surface area contributed by atoms with Crippen molar-refractivity contribution in [3.63, 3.8) is 0 Å². The van der Waals surface area contributed by atoms with Crippen LogP contribution in [0, 0.1) is 5.92 Å². The normalized spacial score (nSPS) is 23.8. The Morgan fingerprint density at radius 1 is 1.50 bits per heavy atom. The van der Waals surface area contributed by atoms with Crippen LogP contribution in [0.3, 0.4) is 0 Å². The molecule has 1 atom stereocenters. The summed E-state index contributed by atoms with van der Waals surface area (Å²) in [5.74, 6) is 1.91. The Morgan fingerprint density at radius 2 is 2.29 bits per heavy atom. The highest BCUT2D eigenvalue weighted by Gasteiger charge is 2.18. The van der Waals surface area contributed by atoms with Crippen molar-refractivity contribution in [2.24, 2.45) is 10.9 Å². The summed E-state index contributed by atoms with van der Waals surface area (Å²) in [5.41, 5.74) is 0. The third kappa shape index (κ3) is 3.20. The molecule has 1 aliphatic heterocycles. The Balaban J connectivity index is 2.53. The van der Waals surface area contributed by atoms with E-state index in [1.54, 1.807) is 0 Å². The van der Waals surface area contributed by atoms with Gasteiger partial charge >= 0.3 is 0 Å². The molecule has 3 nitrogen and oxygen atoms in total. The number of rotatable bonds is 2. The fourth-order valence-electron chi connectivity index (χ4n) is 1.96. The second-order valence-electron chi connectivity index (χ2n) is 4.02. The van der Waals surface area contributed by atoms with Crippen LogP contribution in [0.5, 0.6) is 0 Å². The number of piperidine rings is 1. The summed E-state index contributed by atoms with van der Waals surface area (Å²) in [6.45, 7) is 10.7. The number of nitrogens with one attached hydrogen (secondary N) is 1. The van der Waals surface area contributed by atoms with Crippen LogP contribution < -0.4 is 5.32 Å². The molecule has 0 radical (unpaired) electrons. The molecule has 1 saturated heterocycles. The Hall–Kier alpha value is -0.730. The van der Waals surface area contributed by atoms with Crippen molar-refractivity contribution in [1.82, 2.24) is 10.2 Å². The van der Waals surface area contributed by atoms with E-state index in [9.17, 15) is 0 Å². The standard InChI is InChI=1S/C11H23N3/c1-4-12-11(13-5-2)14-8-6-7-10(3)9-14/h10H,4-9H2,1-3H3,(H,12,13). The SMILES string of the molecule is CCN=C(NCC)N1CCCC(C)C1. The topological polar surface area (TPSA) is 27.6 Å². The Morgan fingerprint density at radius 3 is 2.86 bits per heavy atom. The second-order valence-corrected chi connectivity index (χ2v) is 4.02. The van der Waals surface area contributed by atoms with Crippen LogP contribution in [0.15, 0.2) is 4.99 Å². The van der Waals surface area contributed by atoms with E-state index in [2.05, 4.69) is 36.0 Å². The largest absolute Gasteiger partial charge is 0.357 e. The third-order valence-corrected chi connectivity index (χ3v) is 2.60. The Kier molecular flexibility index (Phi) is 4.77. The van der Waals surface area contributed by atoms with Gasteiger partial charge in [0.05, 0.1) is 0 Å². The summed E-state index contributed by atoms with van der Waals surface area (Å²) in [4.78, 5) is 6.89. The van der Waals surface area contributed by atoms with E-state index in [0.717, 1.165) is 38.1 Å². The fourth-order valence-corrected chi connectivity index (χ4v) is 1.96. The lowest BCUT2D eigenvalue weighted by Crippen LogP contribution is -2.46. The maximum atomic E-state index is 4.50. The van der Waals surface area contributed by atoms with E-state index < -0.39 is 0 Å². The summed E-state index contributed by atoms with van der Waals surface area (Å²) in [5, 5.41) is 3.35. The van der Waals surface area contributed by atoms with Gasteiger partial charge in [0, 0.05) is 26.2 Å². The molecule has 1 aliphatic rings. The molecule has 0 aromatic heterocycles. The van der Waals surface area contributed by atoms with E-state index in [1.165, 1.54) is 12.8 Å². The van der Waals surface area contributed by atoms with Crippen molar-refractivity contribution >= 4 is 5.96 Å². The minimum absolute atomic E-state index is 0.810. The van der Waals surface area contributed by atoms with Gasteiger partial charge in [-0.05, 0) is 32.6 Å². The average molecular weight is 197 g/mol. The zero-order chi connectivity index (χ0) is 10.4. The van der Waals surface area contributed by atoms with Crippen molar-refractivity contribution in [2.75, 3.05) is 26.2 Å². The molecular weight excluding hydrogens is 174 g/mol. The molecule has 3 heteroatoms. The molecule has 0 amide bonds. The first-order valence-electron chi connectivity index (χ1n) is 5.81. The summed E-state index contributed by atoms with van der Waals surface area (Å²) < 4.78 is 0. The number of guanidine groups is 1. The first-order chi connectivity index (χ1) is 6.77. The Labute approximate surface area is 87.6 Å². The van der Waals surface area contributed by atoms with Gasteiger partial charge in [-0.25, -0.2) is 0 Å². The van der Waals surface area contributed by atoms with E-state index in [-0.39, 0.29) is 0 Å². The molecule has 0 spiro atoms. The lowest BCUT2D eigenvalue weighted by Gasteiger charge is -2.33. The van der Waals surface area contributed by atoms with E-state index in [0.29, 0.717) is 0 Å². The summed E-state index contributed by atoms with van der Waals surface area (Å²) in [6.07, 6.45) is 2.66. The molecule has 1 heterocycles. The molecule has 1 N–H and O–H groups in total. The molecule has 82 valence electrons. The highest BCUT2D eigenvalue weighted by molar-refractivity contribution is 5.80. The minimum atomic E-state index is 0.810. The predicted octanol–water partition coefficient (Wildman–Crippen LogP) is 1.70. The molecule has 0 aromatic carbocycles. The minimum Gasteiger partial charge on any atom is -0.357 e.